The van der Waals surface area contributed by atoms with E-state index in [4.69, 9.17) is 22.1 Å². The van der Waals surface area contributed by atoms with Crippen molar-refractivity contribution in [2.24, 2.45) is 11.7 Å². The molecule has 1 saturated heterocycles. The summed E-state index contributed by atoms with van der Waals surface area (Å²) >= 11 is 5.99. The van der Waals surface area contributed by atoms with E-state index in [2.05, 4.69) is 4.74 Å². The van der Waals surface area contributed by atoms with Crippen molar-refractivity contribution in [2.75, 3.05) is 13.2 Å². The number of nitrogens with two attached hydrogens (primary N) is 1. The van der Waals surface area contributed by atoms with Crippen molar-refractivity contribution in [3.8, 4) is 11.5 Å². The van der Waals surface area contributed by atoms with Crippen LogP contribution in [0.1, 0.15) is 20.3 Å². The van der Waals surface area contributed by atoms with Crippen molar-refractivity contribution in [1.82, 2.24) is 0 Å². The van der Waals surface area contributed by atoms with Crippen molar-refractivity contribution in [2.45, 2.75) is 29.9 Å². The summed E-state index contributed by atoms with van der Waals surface area (Å²) in [5, 5.41) is 10.1. The largest absolute Gasteiger partial charge is 0.503 e. The van der Waals surface area contributed by atoms with E-state index in [-0.39, 0.29) is 16.7 Å². The Kier molecular flexibility index (Phi) is 4.79. The summed E-state index contributed by atoms with van der Waals surface area (Å²) in [4.78, 5) is 10.4. The Balaban J connectivity index is 2.57. The standard InChI is InChI=1S/C14H18ClNO6S/c1-14(2,8-5-6-21-7-8)23(19,20)12-9(15)3-4-10(11(12)17)22-13(16)18/h3-4,8,17H,5-7H2,1-2H3,(H2,16,18)/t8-/m1/s1. The van der Waals surface area contributed by atoms with E-state index in [1.165, 1.54) is 12.1 Å². The molecule has 1 aliphatic rings. The summed E-state index contributed by atoms with van der Waals surface area (Å²) in [5.41, 5.74) is 4.90. The molecular formula is C14H18ClNO6S. The van der Waals surface area contributed by atoms with Gasteiger partial charge in [0, 0.05) is 12.5 Å². The molecule has 1 heterocycles. The van der Waals surface area contributed by atoms with Crippen LogP contribution in [0, 0.1) is 5.92 Å². The smallest absolute Gasteiger partial charge is 0.410 e. The fourth-order valence-corrected chi connectivity index (χ4v) is 4.83. The van der Waals surface area contributed by atoms with Gasteiger partial charge in [-0.05, 0) is 32.4 Å². The number of aromatic hydroxyl groups is 1. The topological polar surface area (TPSA) is 116 Å². The highest BCUT2D eigenvalue weighted by Gasteiger charge is 2.46. The van der Waals surface area contributed by atoms with Crippen LogP contribution in [-0.4, -0.2) is 37.6 Å². The maximum atomic E-state index is 13.0. The summed E-state index contributed by atoms with van der Waals surface area (Å²) in [6, 6.07) is 2.40. The highest BCUT2D eigenvalue weighted by Crippen LogP contribution is 2.45. The number of rotatable bonds is 4. The predicted octanol–water partition coefficient (Wildman–Crippen LogP) is 2.09. The predicted molar refractivity (Wildman–Crippen MR) is 83.5 cm³/mol. The van der Waals surface area contributed by atoms with E-state index in [9.17, 15) is 18.3 Å². The third kappa shape index (κ3) is 3.11. The zero-order valence-corrected chi connectivity index (χ0v) is 14.3. The molecule has 0 unspecified atom stereocenters. The summed E-state index contributed by atoms with van der Waals surface area (Å²) < 4.78 is 34.8. The first kappa shape index (κ1) is 17.8. The molecular weight excluding hydrogens is 346 g/mol. The lowest BCUT2D eigenvalue weighted by Gasteiger charge is -2.31. The average Bonchev–Trinajstić information content (AvgIpc) is 2.96. The summed E-state index contributed by atoms with van der Waals surface area (Å²) in [6.45, 7) is 3.90. The van der Waals surface area contributed by atoms with Gasteiger partial charge in [0.15, 0.2) is 21.3 Å². The summed E-state index contributed by atoms with van der Waals surface area (Å²) in [5.74, 6) is -1.34. The Morgan fingerprint density at radius 3 is 2.65 bits per heavy atom. The molecule has 0 bridgehead atoms. The van der Waals surface area contributed by atoms with Crippen LogP contribution in [0.5, 0.6) is 11.5 Å². The first-order valence-corrected chi connectivity index (χ1v) is 8.76. The summed E-state index contributed by atoms with van der Waals surface area (Å²) in [6.07, 6.45) is -0.586. The number of amides is 1. The molecule has 1 aromatic rings. The highest BCUT2D eigenvalue weighted by molar-refractivity contribution is 7.93. The number of ether oxygens (including phenoxy) is 2. The molecule has 1 aliphatic heterocycles. The lowest BCUT2D eigenvalue weighted by molar-refractivity contribution is 0.179. The minimum Gasteiger partial charge on any atom is -0.503 e. The molecule has 0 spiro atoms. The van der Waals surface area contributed by atoms with Gasteiger partial charge in [0.2, 0.25) is 0 Å². The van der Waals surface area contributed by atoms with Gasteiger partial charge in [0.25, 0.3) is 0 Å². The van der Waals surface area contributed by atoms with Crippen LogP contribution >= 0.6 is 11.6 Å². The van der Waals surface area contributed by atoms with E-state index in [1.807, 2.05) is 0 Å². The van der Waals surface area contributed by atoms with Gasteiger partial charge in [-0.3, -0.25) is 0 Å². The Hall–Kier alpha value is -1.51. The van der Waals surface area contributed by atoms with Crippen LogP contribution < -0.4 is 10.5 Å². The van der Waals surface area contributed by atoms with E-state index >= 15 is 0 Å². The Labute approximate surface area is 139 Å². The zero-order chi connectivity index (χ0) is 17.4. The molecule has 0 aliphatic carbocycles. The molecule has 128 valence electrons. The third-order valence-electron chi connectivity index (χ3n) is 4.13. The molecule has 3 N–H and O–H groups in total. The number of phenolic OH excluding ortho intramolecular Hbond substituents is 1. The number of sulfone groups is 1. The second-order valence-corrected chi connectivity index (χ2v) is 8.69. The molecule has 23 heavy (non-hydrogen) atoms. The SMILES string of the molecule is CC(C)([C@@H]1CCOC1)S(=O)(=O)c1c(Cl)ccc(OC(N)=O)c1O. The molecule has 1 atom stereocenters. The van der Waals surface area contributed by atoms with Crippen molar-refractivity contribution in [3.05, 3.63) is 17.2 Å². The fraction of sp³-hybridized carbons (Fsp3) is 0.500. The molecule has 2 rings (SSSR count). The van der Waals surface area contributed by atoms with Gasteiger partial charge in [0.1, 0.15) is 4.90 Å². The third-order valence-corrected chi connectivity index (χ3v) is 7.23. The zero-order valence-electron chi connectivity index (χ0n) is 12.7. The van der Waals surface area contributed by atoms with E-state index in [0.29, 0.717) is 19.6 Å². The number of hydrogen-bond donors (Lipinski definition) is 2. The van der Waals surface area contributed by atoms with Crippen LogP contribution in [0.2, 0.25) is 5.02 Å². The van der Waals surface area contributed by atoms with E-state index in [1.54, 1.807) is 13.8 Å². The number of benzene rings is 1. The minimum absolute atomic E-state index is 0.161. The number of phenols is 1. The quantitative estimate of drug-likeness (QED) is 0.846. The molecule has 7 nitrogen and oxygen atoms in total. The van der Waals surface area contributed by atoms with Crippen molar-refractivity contribution in [3.63, 3.8) is 0 Å². The first-order valence-electron chi connectivity index (χ1n) is 6.90. The Morgan fingerprint density at radius 2 is 2.13 bits per heavy atom. The molecule has 1 fully saturated rings. The maximum absolute atomic E-state index is 13.0. The van der Waals surface area contributed by atoms with Crippen LogP contribution in [0.25, 0.3) is 0 Å². The molecule has 1 amide bonds. The lowest BCUT2D eigenvalue weighted by atomic mass is 9.94. The number of halogens is 1. The first-order chi connectivity index (χ1) is 10.6. The molecule has 0 aromatic heterocycles. The highest BCUT2D eigenvalue weighted by atomic mass is 35.5. The van der Waals surface area contributed by atoms with Gasteiger partial charge < -0.3 is 20.3 Å². The van der Waals surface area contributed by atoms with Crippen LogP contribution in [0.15, 0.2) is 17.0 Å². The molecule has 0 radical (unpaired) electrons. The Morgan fingerprint density at radius 1 is 1.48 bits per heavy atom. The van der Waals surface area contributed by atoms with Gasteiger partial charge in [0.05, 0.1) is 16.4 Å². The van der Waals surface area contributed by atoms with Crippen LogP contribution in [0.3, 0.4) is 0 Å². The van der Waals surface area contributed by atoms with Crippen LogP contribution in [0.4, 0.5) is 4.79 Å². The van der Waals surface area contributed by atoms with Crippen molar-refractivity contribution < 1.29 is 27.8 Å². The van der Waals surface area contributed by atoms with Gasteiger partial charge >= 0.3 is 6.09 Å². The van der Waals surface area contributed by atoms with Gasteiger partial charge in [-0.25, -0.2) is 13.2 Å². The molecule has 9 heteroatoms. The van der Waals surface area contributed by atoms with Crippen LogP contribution in [-0.2, 0) is 14.6 Å². The molecule has 1 aromatic carbocycles. The van der Waals surface area contributed by atoms with E-state index in [0.717, 1.165) is 0 Å². The minimum atomic E-state index is -4.04. The number of primary amides is 1. The number of carbonyl (C=O) groups excluding carboxylic acids is 1. The second-order valence-electron chi connectivity index (χ2n) is 5.81. The molecule has 0 saturated carbocycles. The van der Waals surface area contributed by atoms with Crippen molar-refractivity contribution in [1.29, 1.82) is 0 Å². The Bertz CT molecular complexity index is 725. The lowest BCUT2D eigenvalue weighted by Crippen LogP contribution is -2.40. The number of hydrogen-bond acceptors (Lipinski definition) is 6. The van der Waals surface area contributed by atoms with E-state index < -0.39 is 31.3 Å². The normalized spacial score (nSPS) is 18.8. The number of carbonyl (C=O) groups is 1. The summed E-state index contributed by atoms with van der Waals surface area (Å²) in [7, 11) is -4.04. The second kappa shape index (κ2) is 6.18. The average molecular weight is 364 g/mol. The van der Waals surface area contributed by atoms with Crippen molar-refractivity contribution >= 4 is 27.5 Å². The van der Waals surface area contributed by atoms with Gasteiger partial charge in [-0.1, -0.05) is 11.6 Å². The fourth-order valence-electron chi connectivity index (χ4n) is 2.54. The van der Waals surface area contributed by atoms with Gasteiger partial charge in [-0.2, -0.15) is 0 Å². The van der Waals surface area contributed by atoms with Gasteiger partial charge in [-0.15, -0.1) is 0 Å². The monoisotopic (exact) mass is 363 g/mol. The maximum Gasteiger partial charge on any atom is 0.410 e.